The molecule has 0 radical (unpaired) electrons. The molecule has 182 valence electrons. The van der Waals surface area contributed by atoms with E-state index >= 15 is 0 Å². The standard InChI is InChI=1S/C35H21N3O/c1-3-11-22(12-4-1)33-36-34(23-13-5-2-6-14-23)38-35(37-33)24-19-20-26-29(21-24)25-15-7-8-16-27(25)32-31(26)28-17-9-10-18-30(28)39-32/h1-21H/i7D,8D,9D,10D,15D,16D,17D,18D,19D,20D,21D. The van der Waals surface area contributed by atoms with Crippen LogP contribution in [-0.4, -0.2) is 15.0 Å². The van der Waals surface area contributed by atoms with Crippen molar-refractivity contribution in [3.05, 3.63) is 127 Å². The number of aromatic nitrogens is 3. The van der Waals surface area contributed by atoms with Crippen LogP contribution in [0.4, 0.5) is 0 Å². The largest absolute Gasteiger partial charge is 0.455 e. The van der Waals surface area contributed by atoms with Gasteiger partial charge in [0.1, 0.15) is 11.2 Å². The van der Waals surface area contributed by atoms with E-state index in [0.717, 1.165) is 0 Å². The van der Waals surface area contributed by atoms with Gasteiger partial charge in [-0.1, -0.05) is 115 Å². The van der Waals surface area contributed by atoms with Gasteiger partial charge in [-0.3, -0.25) is 0 Å². The van der Waals surface area contributed by atoms with Crippen molar-refractivity contribution in [2.24, 2.45) is 0 Å². The molecule has 39 heavy (non-hydrogen) atoms. The molecule has 8 aromatic rings. The van der Waals surface area contributed by atoms with Crippen LogP contribution in [0.15, 0.2) is 132 Å². The quantitative estimate of drug-likeness (QED) is 0.222. The van der Waals surface area contributed by atoms with E-state index in [-0.39, 0.29) is 66.5 Å². The summed E-state index contributed by atoms with van der Waals surface area (Å²) in [6.07, 6.45) is 0. The lowest BCUT2D eigenvalue weighted by atomic mass is 9.95. The van der Waals surface area contributed by atoms with E-state index in [1.54, 1.807) is 48.5 Å². The van der Waals surface area contributed by atoms with Gasteiger partial charge in [0, 0.05) is 32.8 Å². The second-order valence-electron chi connectivity index (χ2n) is 8.80. The van der Waals surface area contributed by atoms with E-state index in [2.05, 4.69) is 15.0 Å². The SMILES string of the molecule is [2H]c1c([2H])c([2H])c2c(oc3c4c([2H])c([2H])c([2H])c([2H])c4c4c([2H])c(-c5nc(-c6ccccc6)nc(-c6ccccc6)n5)c([2H])c([2H])c4c32)c1[2H]. The average molecular weight is 511 g/mol. The molecule has 0 amide bonds. The number of benzene rings is 6. The maximum atomic E-state index is 9.61. The first-order valence-corrected chi connectivity index (χ1v) is 12.1. The Morgan fingerprint density at radius 2 is 1.05 bits per heavy atom. The van der Waals surface area contributed by atoms with Gasteiger partial charge in [-0.2, -0.15) is 0 Å². The molecule has 0 unspecified atom stereocenters. The van der Waals surface area contributed by atoms with Gasteiger partial charge < -0.3 is 4.42 Å². The summed E-state index contributed by atoms with van der Waals surface area (Å²) in [5.74, 6) is 0.356. The maximum absolute atomic E-state index is 9.61. The van der Waals surface area contributed by atoms with Crippen molar-refractivity contribution in [3.63, 3.8) is 0 Å². The van der Waals surface area contributed by atoms with Gasteiger partial charge in [-0.25, -0.2) is 15.0 Å². The topological polar surface area (TPSA) is 51.8 Å². The minimum absolute atomic E-state index is 0.0660. The summed E-state index contributed by atoms with van der Waals surface area (Å²) in [6.45, 7) is 0. The van der Waals surface area contributed by atoms with Gasteiger partial charge in [-0.15, -0.1) is 0 Å². The second-order valence-corrected chi connectivity index (χ2v) is 8.80. The van der Waals surface area contributed by atoms with Crippen LogP contribution in [0.3, 0.4) is 0 Å². The molecule has 8 rings (SSSR count). The lowest BCUT2D eigenvalue weighted by Crippen LogP contribution is -2.00. The fraction of sp³-hybridized carbons (Fsp3) is 0. The Kier molecular flexibility index (Phi) is 2.97. The summed E-state index contributed by atoms with van der Waals surface area (Å²) in [7, 11) is 0. The maximum Gasteiger partial charge on any atom is 0.164 e. The Hall–Kier alpha value is -5.35. The molecular weight excluding hydrogens is 478 g/mol. The fourth-order valence-electron chi connectivity index (χ4n) is 4.72. The molecule has 4 nitrogen and oxygen atoms in total. The second kappa shape index (κ2) is 8.61. The van der Waals surface area contributed by atoms with E-state index in [0.29, 0.717) is 11.1 Å². The zero-order chi connectivity index (χ0) is 35.3. The number of nitrogens with zero attached hydrogens (tertiary/aromatic N) is 3. The van der Waals surface area contributed by atoms with Crippen molar-refractivity contribution < 1.29 is 19.5 Å². The first-order chi connectivity index (χ1) is 23.9. The number of fused-ring (bicyclic) bond motifs is 8. The van der Waals surface area contributed by atoms with E-state index < -0.39 is 66.5 Å². The van der Waals surface area contributed by atoms with Crippen molar-refractivity contribution in [3.8, 4) is 34.2 Å². The van der Waals surface area contributed by atoms with Crippen LogP contribution in [-0.2, 0) is 0 Å². The van der Waals surface area contributed by atoms with Gasteiger partial charge >= 0.3 is 0 Å². The fourth-order valence-corrected chi connectivity index (χ4v) is 4.72. The van der Waals surface area contributed by atoms with Crippen molar-refractivity contribution in [1.29, 1.82) is 0 Å². The monoisotopic (exact) mass is 510 g/mol. The number of hydrogen-bond donors (Lipinski definition) is 0. The Labute approximate surface area is 239 Å². The van der Waals surface area contributed by atoms with Crippen molar-refractivity contribution in [2.45, 2.75) is 0 Å². The molecule has 0 fully saturated rings. The van der Waals surface area contributed by atoms with Crippen molar-refractivity contribution >= 4 is 43.5 Å². The third-order valence-electron chi connectivity index (χ3n) is 6.48. The molecule has 0 spiro atoms. The summed E-state index contributed by atoms with van der Waals surface area (Å²) in [5.41, 5.74) is 0.560. The predicted octanol–water partition coefficient (Wildman–Crippen LogP) is 9.08. The van der Waals surface area contributed by atoms with Crippen LogP contribution in [0.1, 0.15) is 15.1 Å². The Morgan fingerprint density at radius 1 is 0.487 bits per heavy atom. The van der Waals surface area contributed by atoms with E-state index in [9.17, 15) is 4.11 Å². The van der Waals surface area contributed by atoms with Crippen LogP contribution < -0.4 is 0 Å². The van der Waals surface area contributed by atoms with Crippen LogP contribution >= 0.6 is 0 Å². The molecule has 0 N–H and O–H groups in total. The molecule has 0 saturated carbocycles. The molecule has 0 aliphatic heterocycles. The minimum atomic E-state index is -0.608. The number of hydrogen-bond acceptors (Lipinski definition) is 4. The molecule has 0 atom stereocenters. The van der Waals surface area contributed by atoms with E-state index in [1.165, 1.54) is 0 Å². The molecule has 0 aliphatic rings. The summed E-state index contributed by atoms with van der Waals surface area (Å²) >= 11 is 0. The molecule has 0 saturated heterocycles. The zero-order valence-corrected chi connectivity index (χ0v) is 20.0. The number of rotatable bonds is 3. The Balaban J connectivity index is 1.62. The molecular formula is C35H21N3O. The summed E-state index contributed by atoms with van der Waals surface area (Å²) in [4.78, 5) is 14.0. The van der Waals surface area contributed by atoms with Crippen LogP contribution in [0.5, 0.6) is 0 Å². The number of furan rings is 1. The first kappa shape index (κ1) is 13.4. The van der Waals surface area contributed by atoms with E-state index in [1.807, 2.05) is 12.1 Å². The van der Waals surface area contributed by atoms with Gasteiger partial charge in [0.15, 0.2) is 17.5 Å². The number of para-hydroxylation sites is 1. The van der Waals surface area contributed by atoms with E-state index in [4.69, 9.17) is 15.4 Å². The van der Waals surface area contributed by atoms with Crippen LogP contribution in [0.2, 0.25) is 0 Å². The van der Waals surface area contributed by atoms with Crippen molar-refractivity contribution in [1.82, 2.24) is 15.0 Å². The highest BCUT2D eigenvalue weighted by molar-refractivity contribution is 6.30. The third kappa shape index (κ3) is 3.50. The first-order valence-electron chi connectivity index (χ1n) is 17.6. The highest BCUT2D eigenvalue weighted by atomic mass is 16.3. The van der Waals surface area contributed by atoms with Crippen molar-refractivity contribution in [2.75, 3.05) is 0 Å². The molecule has 2 heterocycles. The predicted molar refractivity (Wildman–Crippen MR) is 158 cm³/mol. The molecule has 2 aromatic heterocycles. The Bertz CT molecular complexity index is 2710. The highest BCUT2D eigenvalue weighted by Crippen LogP contribution is 2.41. The van der Waals surface area contributed by atoms with Crippen LogP contribution in [0, 0.1) is 0 Å². The summed E-state index contributed by atoms with van der Waals surface area (Å²) in [5, 5.41) is -0.830. The third-order valence-corrected chi connectivity index (χ3v) is 6.48. The average Bonchev–Trinajstić information content (AvgIpc) is 3.54. The van der Waals surface area contributed by atoms with Gasteiger partial charge in [0.25, 0.3) is 0 Å². The molecule has 0 aliphatic carbocycles. The lowest BCUT2D eigenvalue weighted by molar-refractivity contribution is 0.673. The molecule has 4 heteroatoms. The van der Waals surface area contributed by atoms with Gasteiger partial charge in [0.05, 0.1) is 15.1 Å². The Morgan fingerprint density at radius 3 is 1.72 bits per heavy atom. The minimum Gasteiger partial charge on any atom is -0.455 e. The van der Waals surface area contributed by atoms with Crippen LogP contribution in [0.25, 0.3) is 77.6 Å². The normalized spacial score (nSPS) is 15.5. The summed E-state index contributed by atoms with van der Waals surface area (Å²) < 4.78 is 103. The smallest absolute Gasteiger partial charge is 0.164 e. The molecule has 6 aromatic carbocycles. The van der Waals surface area contributed by atoms with Gasteiger partial charge in [0.2, 0.25) is 0 Å². The van der Waals surface area contributed by atoms with Gasteiger partial charge in [-0.05, 0) is 28.2 Å². The summed E-state index contributed by atoms with van der Waals surface area (Å²) in [6, 6.07) is 12.2. The zero-order valence-electron chi connectivity index (χ0n) is 31.0. The highest BCUT2D eigenvalue weighted by Gasteiger charge is 2.17. The lowest BCUT2D eigenvalue weighted by Gasteiger charge is -2.11. The molecule has 0 bridgehead atoms.